The molecule has 1 heterocycles. The molecule has 17 heavy (non-hydrogen) atoms. The van der Waals surface area contributed by atoms with E-state index in [4.69, 9.17) is 5.11 Å². The number of aromatic nitrogens is 4. The molecule has 1 N–H and O–H groups in total. The third kappa shape index (κ3) is 4.93. The van der Waals surface area contributed by atoms with Gasteiger partial charge < -0.3 is 5.11 Å². The highest BCUT2D eigenvalue weighted by Crippen LogP contribution is 2.25. The molecule has 0 saturated heterocycles. The smallest absolute Gasteiger partial charge is 0.325 e. The molecular formula is C11H20N4O2. The van der Waals surface area contributed by atoms with E-state index in [9.17, 15) is 4.79 Å². The van der Waals surface area contributed by atoms with Crippen LogP contribution >= 0.6 is 0 Å². The normalized spacial score (nSPS) is 13.6. The van der Waals surface area contributed by atoms with E-state index >= 15 is 0 Å². The van der Waals surface area contributed by atoms with Crippen molar-refractivity contribution in [3.8, 4) is 0 Å². The summed E-state index contributed by atoms with van der Waals surface area (Å²) < 4.78 is 1.35. The fourth-order valence-corrected chi connectivity index (χ4v) is 2.05. The van der Waals surface area contributed by atoms with Crippen LogP contribution in [-0.2, 0) is 17.8 Å². The van der Waals surface area contributed by atoms with Crippen LogP contribution in [-0.4, -0.2) is 31.3 Å². The van der Waals surface area contributed by atoms with Crippen molar-refractivity contribution in [2.45, 2.75) is 47.1 Å². The Bertz CT molecular complexity index is 381. The summed E-state index contributed by atoms with van der Waals surface area (Å²) in [6.45, 7) is 8.51. The third-order valence-electron chi connectivity index (χ3n) is 2.38. The Morgan fingerprint density at radius 3 is 2.65 bits per heavy atom. The van der Waals surface area contributed by atoms with E-state index in [0.717, 1.165) is 6.42 Å². The minimum atomic E-state index is -0.929. The Morgan fingerprint density at radius 2 is 2.12 bits per heavy atom. The lowest BCUT2D eigenvalue weighted by Gasteiger charge is -2.22. The number of aliphatic carboxylic acids is 1. The predicted octanol–water partition coefficient (Wildman–Crippen LogP) is 1.37. The molecule has 0 spiro atoms. The van der Waals surface area contributed by atoms with Crippen LogP contribution in [0.3, 0.4) is 0 Å². The zero-order valence-corrected chi connectivity index (χ0v) is 10.8. The molecule has 96 valence electrons. The van der Waals surface area contributed by atoms with Crippen LogP contribution in [0, 0.1) is 11.3 Å². The first-order valence-electron chi connectivity index (χ1n) is 5.75. The van der Waals surface area contributed by atoms with Crippen LogP contribution in [0.25, 0.3) is 0 Å². The molecule has 1 rings (SSSR count). The monoisotopic (exact) mass is 240 g/mol. The summed E-state index contributed by atoms with van der Waals surface area (Å²) in [5.41, 5.74) is 0.254. The van der Waals surface area contributed by atoms with Gasteiger partial charge in [-0.2, -0.15) is 0 Å². The van der Waals surface area contributed by atoms with Gasteiger partial charge in [0, 0.05) is 6.42 Å². The fraction of sp³-hybridized carbons (Fsp3) is 0.818. The van der Waals surface area contributed by atoms with Gasteiger partial charge in [0.2, 0.25) is 0 Å². The van der Waals surface area contributed by atoms with Crippen molar-refractivity contribution in [3.05, 3.63) is 5.82 Å². The summed E-state index contributed by atoms with van der Waals surface area (Å²) >= 11 is 0. The van der Waals surface area contributed by atoms with E-state index in [2.05, 4.69) is 43.2 Å². The van der Waals surface area contributed by atoms with Gasteiger partial charge in [-0.05, 0) is 28.2 Å². The fourth-order valence-electron chi connectivity index (χ4n) is 2.05. The molecule has 0 amide bonds. The summed E-state index contributed by atoms with van der Waals surface area (Å²) in [6, 6.07) is 0. The molecule has 0 fully saturated rings. The minimum Gasteiger partial charge on any atom is -0.480 e. The summed E-state index contributed by atoms with van der Waals surface area (Å²) in [4.78, 5) is 10.6. The first-order chi connectivity index (χ1) is 7.78. The molecule has 0 aliphatic carbocycles. The maximum absolute atomic E-state index is 10.6. The van der Waals surface area contributed by atoms with Crippen molar-refractivity contribution in [3.63, 3.8) is 0 Å². The van der Waals surface area contributed by atoms with Crippen LogP contribution in [0.15, 0.2) is 0 Å². The van der Waals surface area contributed by atoms with E-state index in [1.54, 1.807) is 0 Å². The molecule has 0 aromatic carbocycles. The van der Waals surface area contributed by atoms with E-state index < -0.39 is 5.97 Å². The highest BCUT2D eigenvalue weighted by Gasteiger charge is 2.18. The largest absolute Gasteiger partial charge is 0.480 e. The number of tetrazole rings is 1. The summed E-state index contributed by atoms with van der Waals surface area (Å²) in [5.74, 6) is 0.139. The number of hydrogen-bond acceptors (Lipinski definition) is 4. The van der Waals surface area contributed by atoms with Crippen LogP contribution < -0.4 is 0 Å². The van der Waals surface area contributed by atoms with Gasteiger partial charge in [-0.15, -0.1) is 5.10 Å². The molecule has 0 aliphatic heterocycles. The van der Waals surface area contributed by atoms with E-state index in [1.807, 2.05) is 0 Å². The maximum atomic E-state index is 10.6. The molecule has 0 saturated carbocycles. The Kier molecular flexibility index (Phi) is 4.20. The quantitative estimate of drug-likeness (QED) is 0.840. The van der Waals surface area contributed by atoms with Crippen molar-refractivity contribution in [2.75, 3.05) is 0 Å². The van der Waals surface area contributed by atoms with E-state index in [-0.39, 0.29) is 12.0 Å². The highest BCUT2D eigenvalue weighted by atomic mass is 16.4. The predicted molar refractivity (Wildman–Crippen MR) is 62.4 cm³/mol. The van der Waals surface area contributed by atoms with Crippen LogP contribution in [0.1, 0.15) is 39.9 Å². The van der Waals surface area contributed by atoms with Gasteiger partial charge in [0.15, 0.2) is 5.82 Å². The zero-order valence-electron chi connectivity index (χ0n) is 10.8. The topological polar surface area (TPSA) is 80.9 Å². The molecule has 0 bridgehead atoms. The number of rotatable bonds is 5. The molecular weight excluding hydrogens is 220 g/mol. The van der Waals surface area contributed by atoms with Gasteiger partial charge in [-0.25, -0.2) is 4.68 Å². The van der Waals surface area contributed by atoms with Crippen LogP contribution in [0.5, 0.6) is 0 Å². The van der Waals surface area contributed by atoms with Gasteiger partial charge in [-0.1, -0.05) is 27.7 Å². The first kappa shape index (κ1) is 13.6. The third-order valence-corrected chi connectivity index (χ3v) is 2.38. The Balaban J connectivity index is 2.62. The second kappa shape index (κ2) is 5.25. The number of carboxylic acid groups (broad SMARTS) is 1. The van der Waals surface area contributed by atoms with Crippen LogP contribution in [0.2, 0.25) is 0 Å². The molecule has 6 heteroatoms. The average Bonchev–Trinajstić information content (AvgIpc) is 2.47. The minimum absolute atomic E-state index is 0.176. The lowest BCUT2D eigenvalue weighted by atomic mass is 9.84. The van der Waals surface area contributed by atoms with Gasteiger partial charge in [0.1, 0.15) is 6.54 Å². The lowest BCUT2D eigenvalue weighted by Crippen LogP contribution is -2.18. The summed E-state index contributed by atoms with van der Waals surface area (Å²) in [7, 11) is 0. The average molecular weight is 240 g/mol. The molecule has 1 unspecified atom stereocenters. The van der Waals surface area contributed by atoms with Crippen molar-refractivity contribution < 1.29 is 9.90 Å². The number of carboxylic acids is 1. The molecule has 0 aliphatic rings. The zero-order chi connectivity index (χ0) is 13.1. The summed E-state index contributed by atoms with van der Waals surface area (Å²) in [5, 5.41) is 19.8. The van der Waals surface area contributed by atoms with Crippen LogP contribution in [0.4, 0.5) is 0 Å². The van der Waals surface area contributed by atoms with E-state index in [0.29, 0.717) is 18.2 Å². The van der Waals surface area contributed by atoms with E-state index in [1.165, 1.54) is 4.68 Å². The lowest BCUT2D eigenvalue weighted by molar-refractivity contribution is -0.138. The molecule has 1 aromatic heterocycles. The first-order valence-corrected chi connectivity index (χ1v) is 5.75. The molecule has 1 aromatic rings. The van der Waals surface area contributed by atoms with Gasteiger partial charge in [-0.3, -0.25) is 4.79 Å². The van der Waals surface area contributed by atoms with Crippen molar-refractivity contribution in [2.24, 2.45) is 11.3 Å². The molecule has 6 nitrogen and oxygen atoms in total. The Hall–Kier alpha value is -1.46. The molecule has 0 radical (unpaired) electrons. The number of carbonyl (C=O) groups is 1. The standard InChI is InChI=1S/C11H20N4O2/c1-8(6-11(2,3)4)5-9-12-13-14-15(9)7-10(16)17/h8H,5-7H2,1-4H3,(H,16,17). The highest BCUT2D eigenvalue weighted by molar-refractivity contribution is 5.66. The van der Waals surface area contributed by atoms with Gasteiger partial charge in [0.25, 0.3) is 0 Å². The second-order valence-electron chi connectivity index (χ2n) is 5.72. The summed E-state index contributed by atoms with van der Waals surface area (Å²) in [6.07, 6.45) is 1.75. The van der Waals surface area contributed by atoms with Gasteiger partial charge >= 0.3 is 5.97 Å². The Labute approximate surface area is 101 Å². The number of hydrogen-bond donors (Lipinski definition) is 1. The number of nitrogens with zero attached hydrogens (tertiary/aromatic N) is 4. The van der Waals surface area contributed by atoms with Gasteiger partial charge in [0.05, 0.1) is 0 Å². The second-order valence-corrected chi connectivity index (χ2v) is 5.72. The SMILES string of the molecule is CC(Cc1nnnn1CC(=O)O)CC(C)(C)C. The Morgan fingerprint density at radius 1 is 1.47 bits per heavy atom. The van der Waals surface area contributed by atoms with Crippen molar-refractivity contribution in [1.82, 2.24) is 20.2 Å². The maximum Gasteiger partial charge on any atom is 0.325 e. The van der Waals surface area contributed by atoms with Crippen molar-refractivity contribution in [1.29, 1.82) is 0 Å². The molecule has 1 atom stereocenters. The van der Waals surface area contributed by atoms with Crippen molar-refractivity contribution >= 4 is 5.97 Å².